The predicted molar refractivity (Wildman–Crippen MR) is 86.5 cm³/mol. The maximum atomic E-state index is 11.9. The van der Waals surface area contributed by atoms with Gasteiger partial charge < -0.3 is 10.2 Å². The second-order valence-corrected chi connectivity index (χ2v) is 6.04. The van der Waals surface area contributed by atoms with Crippen LogP contribution < -0.4 is 0 Å². The van der Waals surface area contributed by atoms with E-state index in [-0.39, 0.29) is 24.0 Å². The van der Waals surface area contributed by atoms with Crippen LogP contribution in [0.4, 0.5) is 0 Å². The highest BCUT2D eigenvalue weighted by Gasteiger charge is 2.27. The fraction of sp³-hybridized carbons (Fsp3) is 0.667. The van der Waals surface area contributed by atoms with Crippen LogP contribution in [0.15, 0.2) is 24.3 Å². The van der Waals surface area contributed by atoms with Gasteiger partial charge in [0.15, 0.2) is 5.78 Å². The van der Waals surface area contributed by atoms with Gasteiger partial charge in [-0.2, -0.15) is 0 Å². The minimum atomic E-state index is -0.773. The van der Waals surface area contributed by atoms with Gasteiger partial charge in [-0.1, -0.05) is 50.8 Å². The van der Waals surface area contributed by atoms with Crippen molar-refractivity contribution < 1.29 is 19.8 Å². The number of ketones is 1. The van der Waals surface area contributed by atoms with Crippen molar-refractivity contribution in [2.24, 2.45) is 11.8 Å². The molecule has 4 heteroatoms. The van der Waals surface area contributed by atoms with Crippen LogP contribution in [0.2, 0.25) is 0 Å². The molecule has 0 bridgehead atoms. The first-order valence-corrected chi connectivity index (χ1v) is 8.34. The van der Waals surface area contributed by atoms with Gasteiger partial charge in [-0.3, -0.25) is 9.59 Å². The standard InChI is InChI=1S/C18H28O4/c1-2-3-4-8-15(19)11-12-16-14(10-13-17(16)20)7-5-6-9-18(21)22/h10-16,19H,2-9H2,1H3,(H,21,22)/b12-11+/t14-,15+,16-/m0/s1. The summed E-state index contributed by atoms with van der Waals surface area (Å²) in [4.78, 5) is 22.4. The van der Waals surface area contributed by atoms with Gasteiger partial charge in [-0.25, -0.2) is 0 Å². The summed E-state index contributed by atoms with van der Waals surface area (Å²) < 4.78 is 0. The van der Waals surface area contributed by atoms with Crippen molar-refractivity contribution in [3.63, 3.8) is 0 Å². The predicted octanol–water partition coefficient (Wildman–Crippen LogP) is 3.50. The maximum Gasteiger partial charge on any atom is 0.303 e. The summed E-state index contributed by atoms with van der Waals surface area (Å²) in [6.07, 6.45) is 13.0. The van der Waals surface area contributed by atoms with E-state index >= 15 is 0 Å². The second kappa shape index (κ2) is 10.3. The molecule has 124 valence electrons. The Hall–Kier alpha value is -1.42. The average Bonchev–Trinajstić information content (AvgIpc) is 2.82. The Morgan fingerprint density at radius 2 is 2.09 bits per heavy atom. The third-order valence-corrected chi connectivity index (χ3v) is 4.12. The quantitative estimate of drug-likeness (QED) is 0.452. The summed E-state index contributed by atoms with van der Waals surface area (Å²) >= 11 is 0. The van der Waals surface area contributed by atoms with E-state index in [1.54, 1.807) is 12.2 Å². The van der Waals surface area contributed by atoms with Crippen molar-refractivity contribution >= 4 is 11.8 Å². The van der Waals surface area contributed by atoms with E-state index in [2.05, 4.69) is 6.92 Å². The molecule has 0 aromatic heterocycles. The number of carbonyl (C=O) groups is 2. The summed E-state index contributed by atoms with van der Waals surface area (Å²) in [6.45, 7) is 2.13. The van der Waals surface area contributed by atoms with Gasteiger partial charge in [0.05, 0.1) is 6.10 Å². The fourth-order valence-corrected chi connectivity index (χ4v) is 2.78. The summed E-state index contributed by atoms with van der Waals surface area (Å²) in [5.74, 6) is -0.740. The van der Waals surface area contributed by atoms with Gasteiger partial charge in [-0.15, -0.1) is 0 Å². The zero-order valence-corrected chi connectivity index (χ0v) is 13.4. The Kier molecular flexibility index (Phi) is 8.75. The van der Waals surface area contributed by atoms with Crippen molar-refractivity contribution in [2.45, 2.75) is 64.4 Å². The molecule has 1 aliphatic rings. The molecule has 0 spiro atoms. The Balaban J connectivity index is 2.38. The zero-order chi connectivity index (χ0) is 16.4. The first kappa shape index (κ1) is 18.6. The van der Waals surface area contributed by atoms with Gasteiger partial charge in [0.25, 0.3) is 0 Å². The van der Waals surface area contributed by atoms with Crippen molar-refractivity contribution in [1.82, 2.24) is 0 Å². The third-order valence-electron chi connectivity index (χ3n) is 4.12. The van der Waals surface area contributed by atoms with E-state index in [1.807, 2.05) is 12.2 Å². The van der Waals surface area contributed by atoms with Crippen molar-refractivity contribution in [3.8, 4) is 0 Å². The molecule has 1 aliphatic carbocycles. The van der Waals surface area contributed by atoms with E-state index in [9.17, 15) is 14.7 Å². The number of aliphatic carboxylic acids is 1. The van der Waals surface area contributed by atoms with Crippen LogP contribution in [0.3, 0.4) is 0 Å². The highest BCUT2D eigenvalue weighted by atomic mass is 16.4. The number of rotatable bonds is 11. The van der Waals surface area contributed by atoms with Gasteiger partial charge in [0, 0.05) is 12.3 Å². The minimum Gasteiger partial charge on any atom is -0.481 e. The molecule has 0 saturated heterocycles. The highest BCUT2D eigenvalue weighted by molar-refractivity contribution is 5.95. The number of unbranched alkanes of at least 4 members (excludes halogenated alkanes) is 3. The molecule has 2 N–H and O–H groups in total. The lowest BCUT2D eigenvalue weighted by atomic mass is 9.89. The molecule has 0 heterocycles. The normalized spacial score (nSPS) is 22.5. The molecule has 0 unspecified atom stereocenters. The molecular formula is C18H28O4. The van der Waals surface area contributed by atoms with Crippen LogP contribution in [0.1, 0.15) is 58.3 Å². The van der Waals surface area contributed by atoms with Crippen LogP contribution in [0, 0.1) is 11.8 Å². The number of aliphatic hydroxyl groups is 1. The van der Waals surface area contributed by atoms with Gasteiger partial charge in [0.1, 0.15) is 0 Å². The monoisotopic (exact) mass is 308 g/mol. The summed E-state index contributed by atoms with van der Waals surface area (Å²) in [5, 5.41) is 18.5. The molecule has 0 aromatic rings. The zero-order valence-electron chi connectivity index (χ0n) is 13.4. The number of carbonyl (C=O) groups excluding carboxylic acids is 1. The number of hydrogen-bond donors (Lipinski definition) is 2. The molecule has 1 rings (SSSR count). The first-order valence-electron chi connectivity index (χ1n) is 8.34. The Bertz CT molecular complexity index is 411. The molecule has 4 nitrogen and oxygen atoms in total. The lowest BCUT2D eigenvalue weighted by Gasteiger charge is -2.15. The Morgan fingerprint density at radius 1 is 1.32 bits per heavy atom. The van der Waals surface area contributed by atoms with Gasteiger partial charge in [-0.05, 0) is 31.3 Å². The van der Waals surface area contributed by atoms with E-state index < -0.39 is 12.1 Å². The van der Waals surface area contributed by atoms with Crippen LogP contribution in [0.5, 0.6) is 0 Å². The van der Waals surface area contributed by atoms with Crippen molar-refractivity contribution in [2.75, 3.05) is 0 Å². The minimum absolute atomic E-state index is 0.0836. The summed E-state index contributed by atoms with van der Waals surface area (Å²) in [5.41, 5.74) is 0. The van der Waals surface area contributed by atoms with E-state index in [0.717, 1.165) is 38.5 Å². The second-order valence-electron chi connectivity index (χ2n) is 6.04. The van der Waals surface area contributed by atoms with Crippen LogP contribution >= 0.6 is 0 Å². The first-order chi connectivity index (χ1) is 10.5. The van der Waals surface area contributed by atoms with E-state index in [4.69, 9.17) is 5.11 Å². The summed E-state index contributed by atoms with van der Waals surface area (Å²) in [7, 11) is 0. The Morgan fingerprint density at radius 3 is 2.77 bits per heavy atom. The number of allylic oxidation sites excluding steroid dienone is 3. The average molecular weight is 308 g/mol. The number of carboxylic acids is 1. The topological polar surface area (TPSA) is 74.6 Å². The maximum absolute atomic E-state index is 11.9. The molecule has 0 saturated carbocycles. The van der Waals surface area contributed by atoms with E-state index in [1.165, 1.54) is 0 Å². The lowest BCUT2D eigenvalue weighted by Crippen LogP contribution is -2.14. The van der Waals surface area contributed by atoms with Crippen LogP contribution in [0.25, 0.3) is 0 Å². The molecule has 0 amide bonds. The van der Waals surface area contributed by atoms with E-state index in [0.29, 0.717) is 6.42 Å². The summed E-state index contributed by atoms with van der Waals surface area (Å²) in [6, 6.07) is 0. The highest BCUT2D eigenvalue weighted by Crippen LogP contribution is 2.28. The Labute approximate surface area is 132 Å². The van der Waals surface area contributed by atoms with Crippen LogP contribution in [-0.2, 0) is 9.59 Å². The largest absolute Gasteiger partial charge is 0.481 e. The fourth-order valence-electron chi connectivity index (χ4n) is 2.78. The number of carboxylic acid groups (broad SMARTS) is 1. The molecule has 0 fully saturated rings. The number of hydrogen-bond acceptors (Lipinski definition) is 3. The SMILES string of the molecule is CCCCC[C@@H](O)/C=C/[C@@H]1C(=O)C=C[C@@H]1CCCCC(=O)O. The smallest absolute Gasteiger partial charge is 0.303 e. The molecule has 3 atom stereocenters. The third kappa shape index (κ3) is 7.03. The lowest BCUT2D eigenvalue weighted by molar-refractivity contribution is -0.137. The molecule has 22 heavy (non-hydrogen) atoms. The molecule has 0 radical (unpaired) electrons. The molecule has 0 aromatic carbocycles. The van der Waals surface area contributed by atoms with Crippen molar-refractivity contribution in [3.05, 3.63) is 24.3 Å². The van der Waals surface area contributed by atoms with Crippen molar-refractivity contribution in [1.29, 1.82) is 0 Å². The number of aliphatic hydroxyl groups excluding tert-OH is 1. The van der Waals surface area contributed by atoms with Crippen LogP contribution in [-0.4, -0.2) is 28.1 Å². The van der Waals surface area contributed by atoms with Gasteiger partial charge in [0.2, 0.25) is 0 Å². The molecule has 0 aliphatic heterocycles. The van der Waals surface area contributed by atoms with Gasteiger partial charge >= 0.3 is 5.97 Å². The molecular weight excluding hydrogens is 280 g/mol.